The molecule has 0 atom stereocenters. The van der Waals surface area contributed by atoms with E-state index in [0.717, 1.165) is 44.5 Å². The van der Waals surface area contributed by atoms with E-state index in [4.69, 9.17) is 28.4 Å². The van der Waals surface area contributed by atoms with Gasteiger partial charge >= 0.3 is 5.97 Å². The fourth-order valence-corrected chi connectivity index (χ4v) is 2.64. The van der Waals surface area contributed by atoms with E-state index in [0.29, 0.717) is 65.0 Å². The van der Waals surface area contributed by atoms with E-state index in [1.165, 1.54) is 0 Å². The summed E-state index contributed by atoms with van der Waals surface area (Å²) in [7, 11) is 0. The molecule has 0 aliphatic rings. The summed E-state index contributed by atoms with van der Waals surface area (Å²) >= 11 is 0. The summed E-state index contributed by atoms with van der Waals surface area (Å²) in [6, 6.07) is 7.31. The van der Waals surface area contributed by atoms with Crippen LogP contribution >= 0.6 is 0 Å². The molecule has 1 N–H and O–H groups in total. The third-order valence-corrected chi connectivity index (χ3v) is 4.57. The van der Waals surface area contributed by atoms with Crippen LogP contribution in [0.15, 0.2) is 24.3 Å². The Balaban J connectivity index is 1.85. The number of anilines is 1. The molecular formula is C25H43NO7. The minimum atomic E-state index is -0.347. The van der Waals surface area contributed by atoms with Gasteiger partial charge in [0, 0.05) is 18.8 Å². The molecule has 190 valence electrons. The molecule has 1 aromatic rings. The van der Waals surface area contributed by atoms with Gasteiger partial charge in [-0.2, -0.15) is 0 Å². The highest BCUT2D eigenvalue weighted by Crippen LogP contribution is 2.10. The summed E-state index contributed by atoms with van der Waals surface area (Å²) in [4.78, 5) is 12.0. The number of carbonyl (C=O) groups is 1. The number of ether oxygens (including phenoxy) is 6. The quantitative estimate of drug-likeness (QED) is 0.191. The summed E-state index contributed by atoms with van der Waals surface area (Å²) in [6.45, 7) is 10.8. The van der Waals surface area contributed by atoms with Crippen molar-refractivity contribution in [2.75, 3.05) is 84.5 Å². The zero-order valence-electron chi connectivity index (χ0n) is 20.5. The van der Waals surface area contributed by atoms with Crippen molar-refractivity contribution in [2.24, 2.45) is 0 Å². The van der Waals surface area contributed by atoms with Gasteiger partial charge in [-0.15, -0.1) is 0 Å². The van der Waals surface area contributed by atoms with Crippen LogP contribution in [-0.2, 0) is 28.4 Å². The summed E-state index contributed by atoms with van der Waals surface area (Å²) in [6.07, 6.45) is 4.50. The van der Waals surface area contributed by atoms with Crippen molar-refractivity contribution in [3.8, 4) is 0 Å². The Morgan fingerprint density at radius 2 is 1.09 bits per heavy atom. The Labute approximate surface area is 199 Å². The van der Waals surface area contributed by atoms with Gasteiger partial charge in [0.1, 0.15) is 6.61 Å². The number of hydrogen-bond acceptors (Lipinski definition) is 8. The van der Waals surface area contributed by atoms with Crippen LogP contribution in [0.2, 0.25) is 0 Å². The lowest BCUT2D eigenvalue weighted by atomic mass is 10.2. The molecular weight excluding hydrogens is 426 g/mol. The fraction of sp³-hybridized carbons (Fsp3) is 0.720. The maximum atomic E-state index is 12.0. The van der Waals surface area contributed by atoms with Crippen LogP contribution in [0.4, 0.5) is 5.69 Å². The number of benzene rings is 1. The van der Waals surface area contributed by atoms with E-state index in [1.54, 1.807) is 12.1 Å². The van der Waals surface area contributed by atoms with E-state index >= 15 is 0 Å². The van der Waals surface area contributed by atoms with Crippen LogP contribution in [0, 0.1) is 0 Å². The predicted molar refractivity (Wildman–Crippen MR) is 129 cm³/mol. The molecule has 0 heterocycles. The van der Waals surface area contributed by atoms with Crippen molar-refractivity contribution >= 4 is 11.7 Å². The second kappa shape index (κ2) is 22.1. The lowest BCUT2D eigenvalue weighted by molar-refractivity contribution is -0.0152. The van der Waals surface area contributed by atoms with E-state index in [2.05, 4.69) is 19.2 Å². The van der Waals surface area contributed by atoms with Crippen LogP contribution in [0.3, 0.4) is 0 Å². The number of carbonyl (C=O) groups excluding carboxylic acids is 1. The number of hydrogen-bond donors (Lipinski definition) is 1. The normalized spacial score (nSPS) is 11.0. The van der Waals surface area contributed by atoms with Crippen molar-refractivity contribution in [3.63, 3.8) is 0 Å². The molecule has 0 bridgehead atoms. The molecule has 8 nitrogen and oxygen atoms in total. The smallest absolute Gasteiger partial charge is 0.338 e. The number of esters is 1. The van der Waals surface area contributed by atoms with Crippen molar-refractivity contribution in [2.45, 2.75) is 39.5 Å². The topological polar surface area (TPSA) is 84.5 Å². The maximum absolute atomic E-state index is 12.0. The van der Waals surface area contributed by atoms with E-state index in [9.17, 15) is 4.79 Å². The SMILES string of the molecule is CCCCNc1ccc(C(=O)OCCOCCOCCOCCOCCOCCCC)cc1. The monoisotopic (exact) mass is 469 g/mol. The van der Waals surface area contributed by atoms with Gasteiger partial charge in [0.2, 0.25) is 0 Å². The minimum absolute atomic E-state index is 0.210. The molecule has 33 heavy (non-hydrogen) atoms. The van der Waals surface area contributed by atoms with Crippen molar-refractivity contribution in [1.29, 1.82) is 0 Å². The van der Waals surface area contributed by atoms with Gasteiger partial charge in [0.05, 0.1) is 65.0 Å². The first-order valence-electron chi connectivity index (χ1n) is 12.2. The number of unbranched alkanes of at least 4 members (excludes halogenated alkanes) is 2. The Morgan fingerprint density at radius 1 is 0.636 bits per heavy atom. The van der Waals surface area contributed by atoms with E-state index in [1.807, 2.05) is 12.1 Å². The molecule has 1 rings (SSSR count). The van der Waals surface area contributed by atoms with E-state index < -0.39 is 0 Å². The summed E-state index contributed by atoms with van der Waals surface area (Å²) < 4.78 is 32.3. The largest absolute Gasteiger partial charge is 0.460 e. The minimum Gasteiger partial charge on any atom is -0.460 e. The average Bonchev–Trinajstić information content (AvgIpc) is 2.83. The first kappa shape index (κ1) is 29.3. The summed E-state index contributed by atoms with van der Waals surface area (Å²) in [5, 5.41) is 3.32. The lowest BCUT2D eigenvalue weighted by Crippen LogP contribution is -2.15. The molecule has 0 aliphatic heterocycles. The summed E-state index contributed by atoms with van der Waals surface area (Å²) in [5.74, 6) is -0.347. The standard InChI is InChI=1S/C25H43NO7/c1-3-5-11-26-24-9-7-23(8-10-24)25(27)33-22-21-32-20-19-31-18-17-30-16-15-29-14-13-28-12-6-4-2/h7-10,26H,3-6,11-22H2,1-2H3. The molecule has 0 saturated heterocycles. The van der Waals surface area contributed by atoms with Gasteiger partial charge in [0.25, 0.3) is 0 Å². The third kappa shape index (κ3) is 17.4. The lowest BCUT2D eigenvalue weighted by Gasteiger charge is -2.09. The fourth-order valence-electron chi connectivity index (χ4n) is 2.64. The van der Waals surface area contributed by atoms with Crippen molar-refractivity contribution in [1.82, 2.24) is 0 Å². The molecule has 0 aliphatic carbocycles. The molecule has 0 amide bonds. The second-order valence-corrected chi connectivity index (χ2v) is 7.41. The van der Waals surface area contributed by atoms with Crippen LogP contribution < -0.4 is 5.32 Å². The van der Waals surface area contributed by atoms with E-state index in [-0.39, 0.29) is 12.6 Å². The number of rotatable bonds is 23. The maximum Gasteiger partial charge on any atom is 0.338 e. The zero-order valence-corrected chi connectivity index (χ0v) is 20.5. The van der Waals surface area contributed by atoms with Crippen molar-refractivity contribution in [3.05, 3.63) is 29.8 Å². The van der Waals surface area contributed by atoms with Crippen LogP contribution in [0.5, 0.6) is 0 Å². The zero-order chi connectivity index (χ0) is 23.8. The van der Waals surface area contributed by atoms with Crippen LogP contribution in [0.1, 0.15) is 49.9 Å². The highest BCUT2D eigenvalue weighted by Gasteiger charge is 2.06. The van der Waals surface area contributed by atoms with Gasteiger partial charge < -0.3 is 33.7 Å². The first-order chi connectivity index (χ1) is 16.3. The first-order valence-corrected chi connectivity index (χ1v) is 12.2. The second-order valence-electron chi connectivity index (χ2n) is 7.41. The molecule has 0 fully saturated rings. The molecule has 0 unspecified atom stereocenters. The van der Waals surface area contributed by atoms with Gasteiger partial charge in [-0.1, -0.05) is 26.7 Å². The molecule has 0 aromatic heterocycles. The van der Waals surface area contributed by atoms with Gasteiger partial charge in [-0.3, -0.25) is 0 Å². The highest BCUT2D eigenvalue weighted by atomic mass is 16.6. The van der Waals surface area contributed by atoms with Crippen molar-refractivity contribution < 1.29 is 33.2 Å². The molecule has 0 spiro atoms. The van der Waals surface area contributed by atoms with Gasteiger partial charge in [0.15, 0.2) is 0 Å². The predicted octanol–water partition coefficient (Wildman–Crippen LogP) is 3.94. The average molecular weight is 470 g/mol. The Hall–Kier alpha value is -1.71. The van der Waals surface area contributed by atoms with Gasteiger partial charge in [-0.05, 0) is 37.1 Å². The summed E-state index contributed by atoms with van der Waals surface area (Å²) in [5.41, 5.74) is 1.54. The Morgan fingerprint density at radius 3 is 1.58 bits per heavy atom. The Bertz CT molecular complexity index is 568. The molecule has 8 heteroatoms. The van der Waals surface area contributed by atoms with Crippen LogP contribution in [-0.4, -0.2) is 85.2 Å². The Kier molecular flexibility index (Phi) is 19.6. The highest BCUT2D eigenvalue weighted by molar-refractivity contribution is 5.89. The van der Waals surface area contributed by atoms with Gasteiger partial charge in [-0.25, -0.2) is 4.79 Å². The number of nitrogens with one attached hydrogen (secondary N) is 1. The molecule has 1 aromatic carbocycles. The van der Waals surface area contributed by atoms with Crippen LogP contribution in [0.25, 0.3) is 0 Å². The molecule has 0 radical (unpaired) electrons. The third-order valence-electron chi connectivity index (χ3n) is 4.57. The molecule has 0 saturated carbocycles.